The molecule has 5 heteroatoms. The van der Waals surface area contributed by atoms with E-state index in [0.717, 1.165) is 5.56 Å². The lowest BCUT2D eigenvalue weighted by atomic mass is 10.2. The summed E-state index contributed by atoms with van der Waals surface area (Å²) in [6.07, 6.45) is 2.86. The number of rotatable bonds is 4. The molecule has 0 bridgehead atoms. The minimum Gasteiger partial charge on any atom is -0.487 e. The summed E-state index contributed by atoms with van der Waals surface area (Å²) < 4.78 is 11.4. The van der Waals surface area contributed by atoms with Crippen molar-refractivity contribution in [3.05, 3.63) is 65.2 Å². The van der Waals surface area contributed by atoms with Gasteiger partial charge in [0.05, 0.1) is 5.69 Å². The van der Waals surface area contributed by atoms with Crippen LogP contribution < -0.4 is 9.64 Å². The maximum atomic E-state index is 12.8. The Balaban J connectivity index is 1.86. The summed E-state index contributed by atoms with van der Waals surface area (Å²) in [4.78, 5) is 14.4. The summed E-state index contributed by atoms with van der Waals surface area (Å²) in [7, 11) is 0. The van der Waals surface area contributed by atoms with Crippen LogP contribution in [0.15, 0.2) is 54.6 Å². The molecule has 0 spiro atoms. The van der Waals surface area contributed by atoms with Crippen LogP contribution in [0.3, 0.4) is 0 Å². The molecule has 1 unspecified atom stereocenters. The molecule has 0 fully saturated rings. The number of ether oxygens (including phenoxy) is 2. The molecule has 0 aliphatic carbocycles. The van der Waals surface area contributed by atoms with Crippen LogP contribution in [0, 0.1) is 0 Å². The lowest BCUT2D eigenvalue weighted by Crippen LogP contribution is -2.47. The zero-order chi connectivity index (χ0) is 16.9. The Morgan fingerprint density at radius 1 is 1.29 bits per heavy atom. The number of anilines is 1. The second-order valence-electron chi connectivity index (χ2n) is 5.28. The molecule has 0 aromatic heterocycles. The van der Waals surface area contributed by atoms with Crippen molar-refractivity contribution in [1.29, 1.82) is 0 Å². The molecule has 0 N–H and O–H groups in total. The quantitative estimate of drug-likeness (QED) is 0.783. The van der Waals surface area contributed by atoms with Crippen molar-refractivity contribution in [1.82, 2.24) is 0 Å². The number of hydrogen-bond acceptors (Lipinski definition) is 3. The zero-order valence-corrected chi connectivity index (χ0v) is 14.1. The molecule has 3 rings (SSSR count). The fraction of sp³-hybridized carbons (Fsp3) is 0.211. The van der Waals surface area contributed by atoms with E-state index in [0.29, 0.717) is 29.7 Å². The Hall–Kier alpha value is -2.30. The third-order valence-corrected chi connectivity index (χ3v) is 3.93. The van der Waals surface area contributed by atoms with E-state index in [2.05, 4.69) is 0 Å². The average Bonchev–Trinajstić information content (AvgIpc) is 2.61. The Morgan fingerprint density at radius 2 is 2.04 bits per heavy atom. The molecule has 0 saturated heterocycles. The Bertz CT molecular complexity index is 743. The number of nitrogens with zero attached hydrogens (tertiary/aromatic N) is 1. The maximum Gasteiger partial charge on any atom is 0.253 e. The molecule has 1 amide bonds. The van der Waals surface area contributed by atoms with E-state index in [9.17, 15) is 4.79 Å². The van der Waals surface area contributed by atoms with E-state index >= 15 is 0 Å². The van der Waals surface area contributed by atoms with Gasteiger partial charge in [-0.05, 0) is 42.8 Å². The number of carbonyl (C=O) groups excluding carboxylic acids is 1. The van der Waals surface area contributed by atoms with Crippen LogP contribution in [-0.4, -0.2) is 25.3 Å². The van der Waals surface area contributed by atoms with Gasteiger partial charge in [-0.25, -0.2) is 0 Å². The van der Waals surface area contributed by atoms with Gasteiger partial charge in [0, 0.05) is 17.7 Å². The van der Waals surface area contributed by atoms with Gasteiger partial charge in [-0.2, -0.15) is 0 Å². The number of para-hydroxylation sites is 2. The molecule has 1 atom stereocenters. The van der Waals surface area contributed by atoms with E-state index in [-0.39, 0.29) is 5.91 Å². The smallest absolute Gasteiger partial charge is 0.253 e. The number of hydrogen-bond donors (Lipinski definition) is 0. The standard InChI is InChI=1S/C19H18ClNO3/c1-2-23-19-13-24-17-6-4-3-5-16(17)21(19)18(22)12-9-14-7-10-15(20)11-8-14/h3-12,19H,2,13H2,1H3. The molecule has 2 aromatic carbocycles. The highest BCUT2D eigenvalue weighted by Crippen LogP contribution is 2.34. The van der Waals surface area contributed by atoms with Crippen molar-refractivity contribution in [3.63, 3.8) is 0 Å². The van der Waals surface area contributed by atoms with E-state index in [1.54, 1.807) is 23.1 Å². The molecule has 0 saturated carbocycles. The highest BCUT2D eigenvalue weighted by Gasteiger charge is 2.31. The second kappa shape index (κ2) is 7.51. The van der Waals surface area contributed by atoms with Crippen molar-refractivity contribution < 1.29 is 14.3 Å². The molecular weight excluding hydrogens is 326 g/mol. The minimum absolute atomic E-state index is 0.154. The van der Waals surface area contributed by atoms with Gasteiger partial charge in [-0.15, -0.1) is 0 Å². The predicted molar refractivity (Wildman–Crippen MR) is 95.3 cm³/mol. The molecular formula is C19H18ClNO3. The summed E-state index contributed by atoms with van der Waals surface area (Å²) in [5.74, 6) is 0.529. The Kier molecular flexibility index (Phi) is 5.18. The molecule has 2 aromatic rings. The monoisotopic (exact) mass is 343 g/mol. The second-order valence-corrected chi connectivity index (χ2v) is 5.72. The third-order valence-electron chi connectivity index (χ3n) is 3.68. The molecule has 1 aliphatic rings. The van der Waals surface area contributed by atoms with Crippen LogP contribution in [0.5, 0.6) is 5.75 Å². The zero-order valence-electron chi connectivity index (χ0n) is 13.3. The van der Waals surface area contributed by atoms with Gasteiger partial charge in [-0.1, -0.05) is 35.9 Å². The van der Waals surface area contributed by atoms with Crippen molar-refractivity contribution in [2.45, 2.75) is 13.2 Å². The van der Waals surface area contributed by atoms with Gasteiger partial charge in [0.1, 0.15) is 12.4 Å². The SMILES string of the molecule is CCOC1COc2ccccc2N1C(=O)C=Cc1ccc(Cl)cc1. The lowest BCUT2D eigenvalue weighted by Gasteiger charge is -2.35. The fourth-order valence-corrected chi connectivity index (χ4v) is 2.69. The van der Waals surface area contributed by atoms with E-state index in [1.165, 1.54) is 6.08 Å². The molecule has 124 valence electrons. The Morgan fingerprint density at radius 3 is 2.79 bits per heavy atom. The lowest BCUT2D eigenvalue weighted by molar-refractivity contribution is -0.118. The number of halogens is 1. The molecule has 4 nitrogen and oxygen atoms in total. The summed E-state index contributed by atoms with van der Waals surface area (Å²) in [5, 5.41) is 0.664. The van der Waals surface area contributed by atoms with Gasteiger partial charge in [-0.3, -0.25) is 9.69 Å². The average molecular weight is 344 g/mol. The topological polar surface area (TPSA) is 38.8 Å². The number of carbonyl (C=O) groups is 1. The van der Waals surface area contributed by atoms with E-state index in [1.807, 2.05) is 43.3 Å². The number of fused-ring (bicyclic) bond motifs is 1. The first-order chi connectivity index (χ1) is 11.7. The molecule has 1 heterocycles. The first-order valence-electron chi connectivity index (χ1n) is 7.79. The molecule has 24 heavy (non-hydrogen) atoms. The van der Waals surface area contributed by atoms with Gasteiger partial charge in [0.2, 0.25) is 0 Å². The maximum absolute atomic E-state index is 12.8. The first-order valence-corrected chi connectivity index (χ1v) is 8.17. The summed E-state index contributed by atoms with van der Waals surface area (Å²) in [6.45, 7) is 2.71. The predicted octanol–water partition coefficient (Wildman–Crippen LogP) is 4.14. The van der Waals surface area contributed by atoms with Crippen LogP contribution in [0.25, 0.3) is 6.08 Å². The normalized spacial score (nSPS) is 16.8. The fourth-order valence-electron chi connectivity index (χ4n) is 2.57. The largest absolute Gasteiger partial charge is 0.487 e. The summed E-state index contributed by atoms with van der Waals surface area (Å²) in [6, 6.07) is 14.8. The van der Waals surface area contributed by atoms with Gasteiger partial charge in [0.15, 0.2) is 6.23 Å². The highest BCUT2D eigenvalue weighted by molar-refractivity contribution is 6.30. The highest BCUT2D eigenvalue weighted by atomic mass is 35.5. The van der Waals surface area contributed by atoms with Crippen LogP contribution in [-0.2, 0) is 9.53 Å². The van der Waals surface area contributed by atoms with Gasteiger partial charge < -0.3 is 9.47 Å². The van der Waals surface area contributed by atoms with Crippen molar-refractivity contribution in [2.24, 2.45) is 0 Å². The van der Waals surface area contributed by atoms with Crippen molar-refractivity contribution in [3.8, 4) is 5.75 Å². The molecule has 0 radical (unpaired) electrons. The van der Waals surface area contributed by atoms with Gasteiger partial charge in [0.25, 0.3) is 5.91 Å². The van der Waals surface area contributed by atoms with Crippen LogP contribution in [0.2, 0.25) is 5.02 Å². The van der Waals surface area contributed by atoms with Crippen LogP contribution in [0.4, 0.5) is 5.69 Å². The summed E-state index contributed by atoms with van der Waals surface area (Å²) >= 11 is 5.88. The van der Waals surface area contributed by atoms with Crippen molar-refractivity contribution in [2.75, 3.05) is 18.1 Å². The summed E-state index contributed by atoms with van der Waals surface area (Å²) in [5.41, 5.74) is 1.62. The molecule has 1 aliphatic heterocycles. The minimum atomic E-state index is -0.438. The third kappa shape index (κ3) is 3.61. The number of amides is 1. The van der Waals surface area contributed by atoms with E-state index < -0.39 is 6.23 Å². The van der Waals surface area contributed by atoms with Crippen molar-refractivity contribution >= 4 is 29.3 Å². The number of benzene rings is 2. The van der Waals surface area contributed by atoms with Gasteiger partial charge >= 0.3 is 0 Å². The Labute approximate surface area is 146 Å². The van der Waals surface area contributed by atoms with Crippen LogP contribution >= 0.6 is 11.6 Å². The van der Waals surface area contributed by atoms with E-state index in [4.69, 9.17) is 21.1 Å². The van der Waals surface area contributed by atoms with Crippen LogP contribution in [0.1, 0.15) is 12.5 Å². The first kappa shape index (κ1) is 16.6.